The van der Waals surface area contributed by atoms with E-state index >= 15 is 0 Å². The molecule has 2 heterocycles. The number of anilines is 1. The summed E-state index contributed by atoms with van der Waals surface area (Å²) in [6.45, 7) is 0.979. The van der Waals surface area contributed by atoms with Crippen LogP contribution in [0.5, 0.6) is 5.75 Å². The fourth-order valence-electron chi connectivity index (χ4n) is 5.12. The predicted octanol–water partition coefficient (Wildman–Crippen LogP) is -2.15. The highest BCUT2D eigenvalue weighted by atomic mass is 16.7. The number of aliphatic hydroxyl groups excluding tert-OH is 7. The van der Waals surface area contributed by atoms with Gasteiger partial charge in [-0.2, -0.15) is 0 Å². The Balaban J connectivity index is 1.43. The van der Waals surface area contributed by atoms with Gasteiger partial charge in [0.25, 0.3) is 10.9 Å². The molecular weight excluding hydrogens is 574 g/mol. The third-order valence-electron chi connectivity index (χ3n) is 7.76. The summed E-state index contributed by atoms with van der Waals surface area (Å²) in [5, 5.41) is 73.3. The van der Waals surface area contributed by atoms with E-state index in [0.29, 0.717) is 6.61 Å². The fraction of sp³-hybridized carbons (Fsp3) is 0.857. The maximum Gasteiger partial charge on any atom is 0.272 e. The molecule has 15 nitrogen and oxygen atoms in total. The van der Waals surface area contributed by atoms with Crippen LogP contribution in [0.2, 0.25) is 0 Å². The second-order valence-electron chi connectivity index (χ2n) is 11.0. The molecule has 248 valence electrons. The first-order valence-electron chi connectivity index (χ1n) is 15.1. The molecular formula is C28H47NO14. The topological polar surface area (TPSA) is 234 Å². The molecule has 15 heteroatoms. The first-order chi connectivity index (χ1) is 20.7. The number of aliphatic hydroxyl groups is 7. The van der Waals surface area contributed by atoms with Crippen molar-refractivity contribution >= 4 is 5.69 Å². The van der Waals surface area contributed by atoms with E-state index in [9.17, 15) is 45.3 Å². The zero-order chi connectivity index (χ0) is 31.5. The van der Waals surface area contributed by atoms with Gasteiger partial charge < -0.3 is 64.7 Å². The molecule has 43 heavy (non-hydrogen) atoms. The number of rotatable bonds is 19. The Hall–Kier alpha value is -1.76. The standard InChI is InChI=1S/C28H47NO14/c1-2-3-4-5-6-7-8-9-11-39-26-17(19(33)21(26)35)29-10-12-40-27-24(38)22(36)25(16(14-31)42-27)43-28-23(37)20(34)18(32)15(13-30)41-28/h15-16,18,20,22-25,27-32,34,36-38H,2-14H2,1H3/t15-,16-,18+,20+,22-,23-,24-,25-,27-,28+/m1/s1. The van der Waals surface area contributed by atoms with Crippen molar-refractivity contribution in [3.05, 3.63) is 20.4 Å². The Morgan fingerprint density at radius 1 is 0.698 bits per heavy atom. The van der Waals surface area contributed by atoms with Crippen LogP contribution in [0.4, 0.5) is 5.69 Å². The summed E-state index contributed by atoms with van der Waals surface area (Å²) in [6.07, 6.45) is -6.69. The van der Waals surface area contributed by atoms with Crippen molar-refractivity contribution in [2.75, 3.05) is 38.3 Å². The van der Waals surface area contributed by atoms with Gasteiger partial charge >= 0.3 is 0 Å². The molecule has 0 spiro atoms. The predicted molar refractivity (Wildman–Crippen MR) is 150 cm³/mol. The summed E-state index contributed by atoms with van der Waals surface area (Å²) in [5.74, 6) is -0.0224. The fourth-order valence-corrected chi connectivity index (χ4v) is 5.12. The van der Waals surface area contributed by atoms with Crippen LogP contribution in [0.3, 0.4) is 0 Å². The SMILES string of the molecule is CCCCCCCCCCOc1c(NCCO[C@@H]2O[C@H](CO)[C@@H](O[C@@H]3O[C@H](CO)[C@H](O)[C@H](O)[C@H]3O)[C@H](O)[C@H]2O)c(=O)c1=O. The summed E-state index contributed by atoms with van der Waals surface area (Å²) >= 11 is 0. The van der Waals surface area contributed by atoms with E-state index < -0.39 is 85.5 Å². The van der Waals surface area contributed by atoms with E-state index in [2.05, 4.69) is 12.2 Å². The number of hydrogen-bond acceptors (Lipinski definition) is 15. The number of ether oxygens (including phenoxy) is 5. The lowest BCUT2D eigenvalue weighted by Crippen LogP contribution is -2.64. The largest absolute Gasteiger partial charge is 0.487 e. The number of nitrogens with one attached hydrogen (secondary N) is 1. The smallest absolute Gasteiger partial charge is 0.272 e. The molecule has 0 unspecified atom stereocenters. The third kappa shape index (κ3) is 9.14. The Bertz CT molecular complexity index is 1010. The van der Waals surface area contributed by atoms with Crippen LogP contribution in [0.15, 0.2) is 9.59 Å². The van der Waals surface area contributed by atoms with Crippen LogP contribution >= 0.6 is 0 Å². The molecule has 0 aliphatic carbocycles. The Labute approximate surface area is 249 Å². The average Bonchev–Trinajstić information content (AvgIpc) is 3.01. The summed E-state index contributed by atoms with van der Waals surface area (Å²) in [6, 6.07) is 0. The second-order valence-corrected chi connectivity index (χ2v) is 11.0. The van der Waals surface area contributed by atoms with Gasteiger partial charge in [0.05, 0.1) is 26.4 Å². The number of unbranched alkanes of at least 4 members (excludes halogenated alkanes) is 7. The molecule has 2 fully saturated rings. The van der Waals surface area contributed by atoms with Crippen LogP contribution in [-0.2, 0) is 18.9 Å². The van der Waals surface area contributed by atoms with Gasteiger partial charge in [0.1, 0.15) is 54.5 Å². The highest BCUT2D eigenvalue weighted by Gasteiger charge is 2.50. The lowest BCUT2D eigenvalue weighted by atomic mass is 9.97. The van der Waals surface area contributed by atoms with Crippen molar-refractivity contribution in [1.82, 2.24) is 0 Å². The Morgan fingerprint density at radius 3 is 1.95 bits per heavy atom. The molecule has 1 aromatic rings. The summed E-state index contributed by atoms with van der Waals surface area (Å²) in [5.41, 5.74) is -1.36. The molecule has 0 saturated carbocycles. The van der Waals surface area contributed by atoms with Crippen LogP contribution in [-0.4, -0.2) is 130 Å². The van der Waals surface area contributed by atoms with Crippen molar-refractivity contribution < 1.29 is 59.4 Å². The minimum atomic E-state index is -1.77. The Morgan fingerprint density at radius 2 is 1.30 bits per heavy atom. The molecule has 2 saturated heterocycles. The summed E-state index contributed by atoms with van der Waals surface area (Å²) in [4.78, 5) is 24.0. The van der Waals surface area contributed by atoms with Gasteiger partial charge in [-0.1, -0.05) is 51.9 Å². The first kappa shape index (κ1) is 35.7. The van der Waals surface area contributed by atoms with Crippen LogP contribution in [0.25, 0.3) is 0 Å². The monoisotopic (exact) mass is 621 g/mol. The van der Waals surface area contributed by atoms with Gasteiger partial charge in [0.15, 0.2) is 18.3 Å². The van der Waals surface area contributed by atoms with Gasteiger partial charge in [-0.05, 0) is 6.42 Å². The van der Waals surface area contributed by atoms with E-state index in [1.807, 2.05) is 0 Å². The van der Waals surface area contributed by atoms with Gasteiger partial charge in [-0.15, -0.1) is 0 Å². The molecule has 0 bridgehead atoms. The third-order valence-corrected chi connectivity index (χ3v) is 7.76. The lowest BCUT2D eigenvalue weighted by molar-refractivity contribution is -0.359. The molecule has 3 rings (SSSR count). The van der Waals surface area contributed by atoms with E-state index in [0.717, 1.165) is 25.7 Å². The summed E-state index contributed by atoms with van der Waals surface area (Å²) in [7, 11) is 0. The molecule has 10 atom stereocenters. The molecule has 0 radical (unpaired) electrons. The average molecular weight is 622 g/mol. The first-order valence-corrected chi connectivity index (χ1v) is 15.1. The van der Waals surface area contributed by atoms with E-state index in [1.165, 1.54) is 25.7 Å². The Kier molecular flexibility index (Phi) is 14.7. The van der Waals surface area contributed by atoms with E-state index in [4.69, 9.17) is 23.7 Å². The normalized spacial score (nSPS) is 33.1. The van der Waals surface area contributed by atoms with Gasteiger partial charge in [-0.3, -0.25) is 9.59 Å². The molecule has 2 aliphatic rings. The molecule has 1 aromatic carbocycles. The molecule has 8 N–H and O–H groups in total. The molecule has 2 aliphatic heterocycles. The maximum atomic E-state index is 12.0. The van der Waals surface area contributed by atoms with E-state index in [1.54, 1.807) is 0 Å². The van der Waals surface area contributed by atoms with Crippen molar-refractivity contribution in [1.29, 1.82) is 0 Å². The quantitative estimate of drug-likeness (QED) is 0.0608. The molecule has 0 amide bonds. The van der Waals surface area contributed by atoms with Gasteiger partial charge in [-0.25, -0.2) is 0 Å². The van der Waals surface area contributed by atoms with Gasteiger partial charge in [0, 0.05) is 6.54 Å². The molecule has 0 aromatic heterocycles. The zero-order valence-corrected chi connectivity index (χ0v) is 24.5. The van der Waals surface area contributed by atoms with Crippen molar-refractivity contribution in [3.8, 4) is 5.75 Å². The van der Waals surface area contributed by atoms with Crippen molar-refractivity contribution in [2.24, 2.45) is 0 Å². The highest BCUT2D eigenvalue weighted by Crippen LogP contribution is 2.29. The lowest BCUT2D eigenvalue weighted by Gasteiger charge is -2.45. The summed E-state index contributed by atoms with van der Waals surface area (Å²) < 4.78 is 27.3. The van der Waals surface area contributed by atoms with Gasteiger partial charge in [0.2, 0.25) is 0 Å². The maximum absolute atomic E-state index is 12.0. The minimum absolute atomic E-state index is 0.0224. The van der Waals surface area contributed by atoms with Crippen molar-refractivity contribution in [2.45, 2.75) is 120 Å². The van der Waals surface area contributed by atoms with Crippen LogP contribution in [0, 0.1) is 0 Å². The number of hydrogen-bond donors (Lipinski definition) is 8. The van der Waals surface area contributed by atoms with Crippen LogP contribution in [0.1, 0.15) is 58.3 Å². The second kappa shape index (κ2) is 17.7. The highest BCUT2D eigenvalue weighted by molar-refractivity contribution is 5.61. The minimum Gasteiger partial charge on any atom is -0.487 e. The van der Waals surface area contributed by atoms with Crippen molar-refractivity contribution in [3.63, 3.8) is 0 Å². The van der Waals surface area contributed by atoms with Crippen LogP contribution < -0.4 is 20.9 Å². The zero-order valence-electron chi connectivity index (χ0n) is 24.5. The van der Waals surface area contributed by atoms with E-state index in [-0.39, 0.29) is 24.6 Å².